The van der Waals surface area contributed by atoms with E-state index in [0.29, 0.717) is 32.5 Å². The Kier molecular flexibility index (Phi) is 4.61. The Morgan fingerprint density at radius 3 is 2.70 bits per heavy atom. The van der Waals surface area contributed by atoms with Crippen LogP contribution in [0.25, 0.3) is 0 Å². The third-order valence-corrected chi connectivity index (χ3v) is 4.60. The first-order valence-electron chi connectivity index (χ1n) is 7.91. The van der Waals surface area contributed by atoms with E-state index < -0.39 is 5.97 Å². The van der Waals surface area contributed by atoms with Crippen LogP contribution in [0.1, 0.15) is 30.7 Å². The van der Waals surface area contributed by atoms with E-state index in [1.807, 2.05) is 6.07 Å². The van der Waals surface area contributed by atoms with Crippen LogP contribution in [-0.2, 0) is 14.3 Å². The van der Waals surface area contributed by atoms with Crippen molar-refractivity contribution >= 4 is 11.9 Å². The Balaban J connectivity index is 1.70. The number of carbonyl (C=O) groups excluding carboxylic acids is 1. The lowest BCUT2D eigenvalue weighted by atomic mass is 10.0. The molecule has 3 rings (SSSR count). The number of carbonyl (C=O) groups is 2. The van der Waals surface area contributed by atoms with Gasteiger partial charge in [0.25, 0.3) is 0 Å². The van der Waals surface area contributed by atoms with E-state index in [9.17, 15) is 14.0 Å². The van der Waals surface area contributed by atoms with Gasteiger partial charge in [0.15, 0.2) is 0 Å². The highest BCUT2D eigenvalue weighted by Crippen LogP contribution is 2.49. The topological polar surface area (TPSA) is 66.8 Å². The van der Waals surface area contributed by atoms with Crippen molar-refractivity contribution in [2.24, 2.45) is 5.92 Å². The summed E-state index contributed by atoms with van der Waals surface area (Å²) < 4.78 is 18.6. The Labute approximate surface area is 134 Å². The molecule has 23 heavy (non-hydrogen) atoms. The lowest BCUT2D eigenvalue weighted by Gasteiger charge is -2.33. The Morgan fingerprint density at radius 1 is 1.30 bits per heavy atom. The molecule has 0 bridgehead atoms. The van der Waals surface area contributed by atoms with Gasteiger partial charge in [-0.25, -0.2) is 4.39 Å². The van der Waals surface area contributed by atoms with E-state index in [4.69, 9.17) is 9.84 Å². The summed E-state index contributed by atoms with van der Waals surface area (Å²) in [5, 5.41) is 9.11. The number of nitrogens with zero attached hydrogens (tertiary/aromatic N) is 1. The number of hydrogen-bond acceptors (Lipinski definition) is 3. The number of carboxylic acid groups (broad SMARTS) is 1. The van der Waals surface area contributed by atoms with Crippen LogP contribution in [0.3, 0.4) is 0 Å². The molecule has 1 saturated heterocycles. The molecule has 0 spiro atoms. The third kappa shape index (κ3) is 3.69. The van der Waals surface area contributed by atoms with E-state index in [1.54, 1.807) is 6.07 Å². The van der Waals surface area contributed by atoms with Gasteiger partial charge < -0.3 is 14.7 Å². The van der Waals surface area contributed by atoms with Crippen LogP contribution in [0.4, 0.5) is 4.39 Å². The maximum atomic E-state index is 13.3. The predicted molar refractivity (Wildman–Crippen MR) is 80.4 cm³/mol. The molecule has 1 saturated carbocycles. The highest BCUT2D eigenvalue weighted by Gasteiger charge is 2.47. The van der Waals surface area contributed by atoms with Gasteiger partial charge in [-0.2, -0.15) is 0 Å². The molecule has 1 aromatic rings. The SMILES string of the molecule is O=C(O)CN(C(=O)C1CC1c1cccc(F)c1)C1CCOCC1. The second-order valence-corrected chi connectivity index (χ2v) is 6.21. The molecule has 0 aromatic heterocycles. The summed E-state index contributed by atoms with van der Waals surface area (Å²) in [6.45, 7) is 0.813. The quantitative estimate of drug-likeness (QED) is 0.901. The molecule has 1 aliphatic carbocycles. The normalized spacial score (nSPS) is 24.2. The van der Waals surface area contributed by atoms with Crippen molar-refractivity contribution in [3.05, 3.63) is 35.6 Å². The fourth-order valence-electron chi connectivity index (χ4n) is 3.32. The largest absolute Gasteiger partial charge is 0.480 e. The summed E-state index contributed by atoms with van der Waals surface area (Å²) in [7, 11) is 0. The fraction of sp³-hybridized carbons (Fsp3) is 0.529. The van der Waals surface area contributed by atoms with Crippen LogP contribution >= 0.6 is 0 Å². The first-order chi connectivity index (χ1) is 11.1. The number of benzene rings is 1. The smallest absolute Gasteiger partial charge is 0.323 e. The predicted octanol–water partition coefficient (Wildman–Crippen LogP) is 2.02. The monoisotopic (exact) mass is 321 g/mol. The highest BCUT2D eigenvalue weighted by atomic mass is 19.1. The second kappa shape index (κ2) is 6.66. The molecular weight excluding hydrogens is 301 g/mol. The molecule has 0 radical (unpaired) electrons. The molecule has 124 valence electrons. The third-order valence-electron chi connectivity index (χ3n) is 4.60. The number of carboxylic acids is 1. The van der Waals surface area contributed by atoms with E-state index in [-0.39, 0.29) is 36.1 Å². The van der Waals surface area contributed by atoms with Gasteiger partial charge in [0, 0.05) is 25.2 Å². The lowest BCUT2D eigenvalue weighted by Crippen LogP contribution is -2.46. The van der Waals surface area contributed by atoms with E-state index >= 15 is 0 Å². The minimum Gasteiger partial charge on any atom is -0.480 e. The summed E-state index contributed by atoms with van der Waals surface area (Å²) in [5.41, 5.74) is 0.811. The fourth-order valence-corrected chi connectivity index (χ4v) is 3.32. The average molecular weight is 321 g/mol. The zero-order chi connectivity index (χ0) is 16.4. The first kappa shape index (κ1) is 15.9. The minimum atomic E-state index is -1.01. The van der Waals surface area contributed by atoms with E-state index in [0.717, 1.165) is 5.56 Å². The lowest BCUT2D eigenvalue weighted by molar-refractivity contribution is -0.148. The molecule has 1 aromatic carbocycles. The Hall–Kier alpha value is -1.95. The summed E-state index contributed by atoms with van der Waals surface area (Å²) in [4.78, 5) is 25.3. The first-order valence-corrected chi connectivity index (χ1v) is 7.91. The molecule has 2 fully saturated rings. The molecule has 1 amide bonds. The van der Waals surface area contributed by atoms with Gasteiger partial charge in [0.2, 0.25) is 5.91 Å². The van der Waals surface area contributed by atoms with Crippen LogP contribution in [0, 0.1) is 11.7 Å². The number of halogens is 1. The van der Waals surface area contributed by atoms with Crippen LogP contribution in [0.5, 0.6) is 0 Å². The van der Waals surface area contributed by atoms with Crippen molar-refractivity contribution in [3.8, 4) is 0 Å². The molecule has 1 N–H and O–H groups in total. The van der Waals surface area contributed by atoms with Crippen LogP contribution in [-0.4, -0.2) is 47.7 Å². The standard InChI is InChI=1S/C17H20FNO4/c18-12-3-1-2-11(8-12)14-9-15(14)17(22)19(10-16(20)21)13-4-6-23-7-5-13/h1-3,8,13-15H,4-7,9-10H2,(H,20,21). The number of amides is 1. The van der Waals surface area contributed by atoms with Crippen molar-refractivity contribution in [1.82, 2.24) is 4.90 Å². The molecular formula is C17H20FNO4. The van der Waals surface area contributed by atoms with Crippen molar-refractivity contribution in [2.45, 2.75) is 31.2 Å². The van der Waals surface area contributed by atoms with Gasteiger partial charge in [-0.15, -0.1) is 0 Å². The zero-order valence-electron chi connectivity index (χ0n) is 12.8. The summed E-state index contributed by atoms with van der Waals surface area (Å²) in [6, 6.07) is 6.20. The van der Waals surface area contributed by atoms with E-state index in [1.165, 1.54) is 17.0 Å². The maximum absolute atomic E-state index is 13.3. The second-order valence-electron chi connectivity index (χ2n) is 6.21. The molecule has 2 aliphatic rings. The highest BCUT2D eigenvalue weighted by molar-refractivity contribution is 5.86. The van der Waals surface area contributed by atoms with Crippen molar-refractivity contribution in [2.75, 3.05) is 19.8 Å². The van der Waals surface area contributed by atoms with Gasteiger partial charge >= 0.3 is 5.97 Å². The van der Waals surface area contributed by atoms with Gasteiger partial charge in [-0.1, -0.05) is 12.1 Å². The van der Waals surface area contributed by atoms with Crippen molar-refractivity contribution in [3.63, 3.8) is 0 Å². The van der Waals surface area contributed by atoms with Crippen LogP contribution < -0.4 is 0 Å². The molecule has 1 aliphatic heterocycles. The molecule has 2 unspecified atom stereocenters. The van der Waals surface area contributed by atoms with Crippen molar-refractivity contribution in [1.29, 1.82) is 0 Å². The van der Waals surface area contributed by atoms with Gasteiger partial charge in [0.1, 0.15) is 12.4 Å². The molecule has 6 heteroatoms. The molecule has 5 nitrogen and oxygen atoms in total. The van der Waals surface area contributed by atoms with Crippen molar-refractivity contribution < 1.29 is 23.8 Å². The summed E-state index contributed by atoms with van der Waals surface area (Å²) in [5.74, 6) is -1.69. The van der Waals surface area contributed by atoms with Gasteiger partial charge in [0.05, 0.1) is 0 Å². The van der Waals surface area contributed by atoms with Crippen LogP contribution in [0.15, 0.2) is 24.3 Å². The Bertz CT molecular complexity index is 600. The van der Waals surface area contributed by atoms with Gasteiger partial charge in [-0.05, 0) is 42.9 Å². The number of rotatable bonds is 5. The zero-order valence-corrected chi connectivity index (χ0v) is 12.8. The molecule has 1 heterocycles. The summed E-state index contributed by atoms with van der Waals surface area (Å²) in [6.07, 6.45) is 1.98. The van der Waals surface area contributed by atoms with Gasteiger partial charge in [-0.3, -0.25) is 9.59 Å². The number of aliphatic carboxylic acids is 1. The van der Waals surface area contributed by atoms with Crippen LogP contribution in [0.2, 0.25) is 0 Å². The number of ether oxygens (including phenoxy) is 1. The molecule has 2 atom stereocenters. The minimum absolute atomic E-state index is 0.00524. The van der Waals surface area contributed by atoms with E-state index in [2.05, 4.69) is 0 Å². The summed E-state index contributed by atoms with van der Waals surface area (Å²) >= 11 is 0. The Morgan fingerprint density at radius 2 is 2.04 bits per heavy atom. The average Bonchev–Trinajstić information content (AvgIpc) is 3.33. The number of hydrogen-bond donors (Lipinski definition) is 1. The maximum Gasteiger partial charge on any atom is 0.323 e.